The molecule has 1 amide bonds. The summed E-state index contributed by atoms with van der Waals surface area (Å²) >= 11 is 0. The average Bonchev–Trinajstić information content (AvgIpc) is 3.40. The number of hydrogen-bond acceptors (Lipinski definition) is 5. The molecule has 1 atom stereocenters. The molecule has 0 saturated heterocycles. The molecule has 1 unspecified atom stereocenters. The van der Waals surface area contributed by atoms with Crippen LogP contribution in [-0.4, -0.2) is 31.4 Å². The molecule has 9 heteroatoms. The van der Waals surface area contributed by atoms with E-state index in [2.05, 4.69) is 10.0 Å². The van der Waals surface area contributed by atoms with Gasteiger partial charge in [0.1, 0.15) is 6.04 Å². The summed E-state index contributed by atoms with van der Waals surface area (Å²) in [6.45, 7) is 0. The van der Waals surface area contributed by atoms with Crippen molar-refractivity contribution in [3.8, 4) is 11.1 Å². The van der Waals surface area contributed by atoms with Gasteiger partial charge in [0.05, 0.1) is 11.2 Å². The molecule has 0 aliphatic heterocycles. The Kier molecular flexibility index (Phi) is 7.09. The number of carbonyl (C=O) groups is 2. The second-order valence-corrected chi connectivity index (χ2v) is 9.46. The minimum absolute atomic E-state index is 0.00645. The zero-order valence-corrected chi connectivity index (χ0v) is 19.2. The fraction of sp³-hybridized carbons (Fsp3) is 0.0769. The smallest absolute Gasteiger partial charge is 0.322 e. The molecule has 1 aromatic heterocycles. The molecule has 0 fully saturated rings. The lowest BCUT2D eigenvalue weighted by Crippen LogP contribution is -2.42. The molecule has 4 rings (SSSR count). The number of furan rings is 1. The molecule has 4 aromatic rings. The maximum atomic E-state index is 13.0. The summed E-state index contributed by atoms with van der Waals surface area (Å²) in [5, 5.41) is 12.3. The summed E-state index contributed by atoms with van der Waals surface area (Å²) in [5.41, 5.74) is 2.45. The minimum atomic E-state index is -4.13. The van der Waals surface area contributed by atoms with E-state index in [0.717, 1.165) is 0 Å². The molecule has 0 aliphatic carbocycles. The van der Waals surface area contributed by atoms with Gasteiger partial charge in [-0.1, -0.05) is 54.6 Å². The van der Waals surface area contributed by atoms with E-state index in [-0.39, 0.29) is 17.1 Å². The van der Waals surface area contributed by atoms with E-state index in [1.165, 1.54) is 18.4 Å². The van der Waals surface area contributed by atoms with Crippen molar-refractivity contribution in [3.63, 3.8) is 0 Å². The zero-order chi connectivity index (χ0) is 24.8. The zero-order valence-electron chi connectivity index (χ0n) is 18.4. The van der Waals surface area contributed by atoms with E-state index in [0.29, 0.717) is 22.4 Å². The third-order valence-electron chi connectivity index (χ3n) is 5.22. The Morgan fingerprint density at radius 3 is 2.26 bits per heavy atom. The maximum Gasteiger partial charge on any atom is 0.322 e. The van der Waals surface area contributed by atoms with Gasteiger partial charge in [-0.2, -0.15) is 4.72 Å². The number of amides is 1. The number of benzene rings is 3. The number of carboxylic acid groups (broad SMARTS) is 1. The second kappa shape index (κ2) is 10.4. The number of rotatable bonds is 9. The van der Waals surface area contributed by atoms with Gasteiger partial charge in [-0.05, 0) is 59.5 Å². The standard InChI is InChI=1S/C26H22N2O6S/c29-25(24-13-6-14-34-24)27-21-11-4-9-19(16-21)20-10-5-12-22(17-20)35(32,33)28-23(26(30)31)15-18-7-2-1-3-8-18/h1-14,16-17,23,28H,15H2,(H,27,29)(H,30,31). The van der Waals surface area contributed by atoms with E-state index in [1.54, 1.807) is 78.9 Å². The van der Waals surface area contributed by atoms with Gasteiger partial charge in [0.25, 0.3) is 5.91 Å². The highest BCUT2D eigenvalue weighted by Gasteiger charge is 2.26. The third kappa shape index (κ3) is 6.03. The SMILES string of the molecule is O=C(Nc1cccc(-c2cccc(S(=O)(=O)NC(Cc3ccccc3)C(=O)O)c2)c1)c1ccco1. The molecule has 178 valence electrons. The predicted molar refractivity (Wildman–Crippen MR) is 130 cm³/mol. The molecule has 0 spiro atoms. The minimum Gasteiger partial charge on any atom is -0.480 e. The fourth-order valence-electron chi connectivity index (χ4n) is 3.50. The van der Waals surface area contributed by atoms with Crippen molar-refractivity contribution in [3.05, 3.63) is 109 Å². The molecule has 0 bridgehead atoms. The van der Waals surface area contributed by atoms with Crippen LogP contribution in [0.25, 0.3) is 11.1 Å². The Balaban J connectivity index is 1.55. The third-order valence-corrected chi connectivity index (χ3v) is 6.69. The Labute approximate surface area is 202 Å². The lowest BCUT2D eigenvalue weighted by Gasteiger charge is -2.15. The summed E-state index contributed by atoms with van der Waals surface area (Å²) in [6.07, 6.45) is 1.41. The number of anilines is 1. The Bertz CT molecular complexity index is 1430. The largest absolute Gasteiger partial charge is 0.480 e. The summed E-state index contributed by atoms with van der Waals surface area (Å²) in [6, 6.07) is 23.7. The van der Waals surface area contributed by atoms with Crippen LogP contribution in [0.3, 0.4) is 0 Å². The molecule has 3 N–H and O–H groups in total. The topological polar surface area (TPSA) is 126 Å². The molecule has 0 radical (unpaired) electrons. The molecular weight excluding hydrogens is 468 g/mol. The highest BCUT2D eigenvalue weighted by atomic mass is 32.2. The van der Waals surface area contributed by atoms with Crippen LogP contribution in [0.1, 0.15) is 16.1 Å². The van der Waals surface area contributed by atoms with Gasteiger partial charge in [0.15, 0.2) is 5.76 Å². The summed E-state index contributed by atoms with van der Waals surface area (Å²) < 4.78 is 33.4. The first-order chi connectivity index (χ1) is 16.8. The maximum absolute atomic E-state index is 13.0. The fourth-order valence-corrected chi connectivity index (χ4v) is 4.74. The van der Waals surface area contributed by atoms with Crippen molar-refractivity contribution in [1.29, 1.82) is 0 Å². The van der Waals surface area contributed by atoms with E-state index in [9.17, 15) is 23.1 Å². The molecule has 0 aliphatic rings. The first-order valence-electron chi connectivity index (χ1n) is 10.7. The second-order valence-electron chi connectivity index (χ2n) is 7.74. The van der Waals surface area contributed by atoms with Crippen LogP contribution >= 0.6 is 0 Å². The first kappa shape index (κ1) is 23.9. The van der Waals surface area contributed by atoms with Gasteiger partial charge in [-0.3, -0.25) is 9.59 Å². The van der Waals surface area contributed by atoms with Crippen molar-refractivity contribution in [1.82, 2.24) is 4.72 Å². The Morgan fingerprint density at radius 2 is 1.57 bits per heavy atom. The van der Waals surface area contributed by atoms with E-state index in [1.807, 2.05) is 0 Å². The number of carbonyl (C=O) groups excluding carboxylic acids is 1. The van der Waals surface area contributed by atoms with E-state index >= 15 is 0 Å². The van der Waals surface area contributed by atoms with Gasteiger partial charge >= 0.3 is 5.97 Å². The molecule has 1 heterocycles. The lowest BCUT2D eigenvalue weighted by molar-refractivity contribution is -0.138. The van der Waals surface area contributed by atoms with Crippen LogP contribution in [0.5, 0.6) is 0 Å². The molecule has 3 aromatic carbocycles. The van der Waals surface area contributed by atoms with Crippen molar-refractivity contribution < 1.29 is 27.5 Å². The van der Waals surface area contributed by atoms with Gasteiger partial charge < -0.3 is 14.8 Å². The summed E-state index contributed by atoms with van der Waals surface area (Å²) in [5.74, 6) is -1.52. The Hall–Kier alpha value is -4.21. The van der Waals surface area contributed by atoms with Gasteiger partial charge in [-0.15, -0.1) is 0 Å². The van der Waals surface area contributed by atoms with Crippen molar-refractivity contribution in [2.75, 3.05) is 5.32 Å². The van der Waals surface area contributed by atoms with Crippen LogP contribution in [0.2, 0.25) is 0 Å². The van der Waals surface area contributed by atoms with Crippen LogP contribution in [0.4, 0.5) is 5.69 Å². The van der Waals surface area contributed by atoms with E-state index < -0.39 is 27.9 Å². The molecule has 0 saturated carbocycles. The average molecular weight is 491 g/mol. The van der Waals surface area contributed by atoms with Gasteiger partial charge in [-0.25, -0.2) is 8.42 Å². The predicted octanol–water partition coefficient (Wildman–Crippen LogP) is 4.17. The molecule has 8 nitrogen and oxygen atoms in total. The van der Waals surface area contributed by atoms with Crippen molar-refractivity contribution in [2.24, 2.45) is 0 Å². The molecule has 35 heavy (non-hydrogen) atoms. The monoisotopic (exact) mass is 490 g/mol. The Morgan fingerprint density at radius 1 is 0.857 bits per heavy atom. The number of aliphatic carboxylic acids is 1. The normalized spacial score (nSPS) is 12.1. The van der Waals surface area contributed by atoms with Gasteiger partial charge in [0.2, 0.25) is 10.0 Å². The number of sulfonamides is 1. The van der Waals surface area contributed by atoms with Crippen molar-refractivity contribution >= 4 is 27.6 Å². The quantitative estimate of drug-likeness (QED) is 0.323. The van der Waals surface area contributed by atoms with Crippen LogP contribution in [-0.2, 0) is 21.2 Å². The van der Waals surface area contributed by atoms with Crippen molar-refractivity contribution in [2.45, 2.75) is 17.4 Å². The number of nitrogens with one attached hydrogen (secondary N) is 2. The van der Waals surface area contributed by atoms with Crippen LogP contribution in [0.15, 0.2) is 107 Å². The highest BCUT2D eigenvalue weighted by Crippen LogP contribution is 2.25. The number of carboxylic acids is 1. The highest BCUT2D eigenvalue weighted by molar-refractivity contribution is 7.89. The van der Waals surface area contributed by atoms with E-state index in [4.69, 9.17) is 4.42 Å². The van der Waals surface area contributed by atoms with Crippen LogP contribution in [0, 0.1) is 0 Å². The summed E-state index contributed by atoms with van der Waals surface area (Å²) in [4.78, 5) is 23.9. The lowest BCUT2D eigenvalue weighted by atomic mass is 10.1. The number of hydrogen-bond donors (Lipinski definition) is 3. The first-order valence-corrected chi connectivity index (χ1v) is 12.1. The van der Waals surface area contributed by atoms with Crippen LogP contribution < -0.4 is 10.0 Å². The molecular formula is C26H22N2O6S. The van der Waals surface area contributed by atoms with Gasteiger partial charge in [0, 0.05) is 5.69 Å². The summed E-state index contributed by atoms with van der Waals surface area (Å²) in [7, 11) is -4.13.